The van der Waals surface area contributed by atoms with Gasteiger partial charge in [-0.05, 0) is 31.6 Å². The van der Waals surface area contributed by atoms with E-state index in [1.807, 2.05) is 6.92 Å². The van der Waals surface area contributed by atoms with Gasteiger partial charge in [0.15, 0.2) is 0 Å². The number of nitrogens with one attached hydrogen (secondary N) is 1. The summed E-state index contributed by atoms with van der Waals surface area (Å²) in [6, 6.07) is 0. The SMILES string of the molecule is C=C(C)COCCNC1(CN)CC(C)CCC1C. The number of nitrogens with two attached hydrogens (primary N) is 1. The molecule has 0 bridgehead atoms. The summed E-state index contributed by atoms with van der Waals surface area (Å²) < 4.78 is 5.53. The maximum Gasteiger partial charge on any atom is 0.0672 e. The molecule has 3 atom stereocenters. The van der Waals surface area contributed by atoms with Crippen molar-refractivity contribution < 1.29 is 4.74 Å². The van der Waals surface area contributed by atoms with Gasteiger partial charge in [0.2, 0.25) is 0 Å². The van der Waals surface area contributed by atoms with Crippen LogP contribution in [0.25, 0.3) is 0 Å². The highest BCUT2D eigenvalue weighted by atomic mass is 16.5. The quantitative estimate of drug-likeness (QED) is 0.541. The van der Waals surface area contributed by atoms with Crippen LogP contribution in [0.3, 0.4) is 0 Å². The molecule has 3 nitrogen and oxygen atoms in total. The predicted octanol–water partition coefficient (Wildman–Crippen LogP) is 2.32. The topological polar surface area (TPSA) is 47.3 Å². The van der Waals surface area contributed by atoms with Crippen LogP contribution < -0.4 is 11.1 Å². The van der Waals surface area contributed by atoms with Gasteiger partial charge in [-0.2, -0.15) is 0 Å². The number of hydrogen-bond donors (Lipinski definition) is 2. The van der Waals surface area contributed by atoms with E-state index in [1.54, 1.807) is 0 Å². The average molecular weight is 254 g/mol. The number of rotatable bonds is 7. The van der Waals surface area contributed by atoms with Crippen molar-refractivity contribution in [3.8, 4) is 0 Å². The lowest BCUT2D eigenvalue weighted by Gasteiger charge is -2.45. The second kappa shape index (κ2) is 7.27. The highest BCUT2D eigenvalue weighted by molar-refractivity contribution is 4.98. The van der Waals surface area contributed by atoms with Crippen molar-refractivity contribution in [1.29, 1.82) is 0 Å². The molecular formula is C15H30N2O. The molecule has 0 aliphatic heterocycles. The fourth-order valence-corrected chi connectivity index (χ4v) is 2.96. The van der Waals surface area contributed by atoms with Crippen LogP contribution in [0.1, 0.15) is 40.0 Å². The van der Waals surface area contributed by atoms with Crippen molar-refractivity contribution in [2.45, 2.75) is 45.6 Å². The van der Waals surface area contributed by atoms with Crippen LogP contribution in [-0.2, 0) is 4.74 Å². The molecule has 1 aliphatic carbocycles. The Morgan fingerprint density at radius 3 is 2.78 bits per heavy atom. The predicted molar refractivity (Wildman–Crippen MR) is 77.6 cm³/mol. The molecule has 0 aromatic rings. The van der Waals surface area contributed by atoms with E-state index in [4.69, 9.17) is 10.5 Å². The Kier molecular flexibility index (Phi) is 6.33. The van der Waals surface area contributed by atoms with Gasteiger partial charge in [-0.15, -0.1) is 0 Å². The molecule has 106 valence electrons. The first kappa shape index (κ1) is 15.7. The van der Waals surface area contributed by atoms with E-state index in [0.29, 0.717) is 12.5 Å². The van der Waals surface area contributed by atoms with Gasteiger partial charge < -0.3 is 15.8 Å². The van der Waals surface area contributed by atoms with Crippen molar-refractivity contribution >= 4 is 0 Å². The molecule has 0 heterocycles. The Hall–Kier alpha value is -0.380. The van der Waals surface area contributed by atoms with Gasteiger partial charge in [0, 0.05) is 18.6 Å². The summed E-state index contributed by atoms with van der Waals surface area (Å²) in [5.74, 6) is 1.42. The lowest BCUT2D eigenvalue weighted by molar-refractivity contribution is 0.101. The highest BCUT2D eigenvalue weighted by Crippen LogP contribution is 2.36. The van der Waals surface area contributed by atoms with E-state index in [2.05, 4.69) is 25.7 Å². The molecule has 0 aromatic heterocycles. The molecule has 1 saturated carbocycles. The zero-order valence-electron chi connectivity index (χ0n) is 12.3. The minimum atomic E-state index is 0.115. The molecule has 3 unspecified atom stereocenters. The summed E-state index contributed by atoms with van der Waals surface area (Å²) >= 11 is 0. The first-order chi connectivity index (χ1) is 8.50. The summed E-state index contributed by atoms with van der Waals surface area (Å²) in [5, 5.41) is 3.66. The molecule has 0 spiro atoms. The lowest BCUT2D eigenvalue weighted by atomic mass is 9.69. The summed E-state index contributed by atoms with van der Waals surface area (Å²) in [4.78, 5) is 0. The molecule has 0 aromatic carbocycles. The summed E-state index contributed by atoms with van der Waals surface area (Å²) in [6.45, 7) is 13.4. The molecule has 1 fully saturated rings. The highest BCUT2D eigenvalue weighted by Gasteiger charge is 2.38. The third-order valence-electron chi connectivity index (χ3n) is 4.18. The van der Waals surface area contributed by atoms with Crippen LogP contribution in [0.5, 0.6) is 0 Å². The van der Waals surface area contributed by atoms with Crippen LogP contribution >= 0.6 is 0 Å². The minimum Gasteiger partial charge on any atom is -0.376 e. The van der Waals surface area contributed by atoms with E-state index in [0.717, 1.165) is 31.2 Å². The van der Waals surface area contributed by atoms with Gasteiger partial charge in [-0.25, -0.2) is 0 Å². The zero-order valence-corrected chi connectivity index (χ0v) is 12.3. The second-order valence-electron chi connectivity index (χ2n) is 6.08. The molecule has 3 heteroatoms. The van der Waals surface area contributed by atoms with E-state index >= 15 is 0 Å². The van der Waals surface area contributed by atoms with Crippen LogP contribution in [0, 0.1) is 11.8 Å². The molecule has 1 rings (SSSR count). The fourth-order valence-electron chi connectivity index (χ4n) is 2.96. The maximum atomic E-state index is 6.04. The third-order valence-corrected chi connectivity index (χ3v) is 4.18. The van der Waals surface area contributed by atoms with E-state index < -0.39 is 0 Å². The number of hydrogen-bond acceptors (Lipinski definition) is 3. The zero-order chi connectivity index (χ0) is 13.6. The van der Waals surface area contributed by atoms with Crippen molar-refractivity contribution in [2.24, 2.45) is 17.6 Å². The Bertz CT molecular complexity index is 267. The lowest BCUT2D eigenvalue weighted by Crippen LogP contribution is -2.59. The van der Waals surface area contributed by atoms with Gasteiger partial charge in [-0.3, -0.25) is 0 Å². The minimum absolute atomic E-state index is 0.115. The molecule has 18 heavy (non-hydrogen) atoms. The molecule has 0 amide bonds. The largest absolute Gasteiger partial charge is 0.376 e. The van der Waals surface area contributed by atoms with Crippen LogP contribution in [0.4, 0.5) is 0 Å². The third kappa shape index (κ3) is 4.38. The van der Waals surface area contributed by atoms with E-state index in [1.165, 1.54) is 19.3 Å². The molecular weight excluding hydrogens is 224 g/mol. The van der Waals surface area contributed by atoms with Crippen molar-refractivity contribution in [3.05, 3.63) is 12.2 Å². The van der Waals surface area contributed by atoms with Gasteiger partial charge >= 0.3 is 0 Å². The van der Waals surface area contributed by atoms with Crippen LogP contribution in [-0.4, -0.2) is 31.8 Å². The van der Waals surface area contributed by atoms with E-state index in [-0.39, 0.29) is 5.54 Å². The molecule has 0 radical (unpaired) electrons. The smallest absolute Gasteiger partial charge is 0.0672 e. The van der Waals surface area contributed by atoms with Gasteiger partial charge in [0.25, 0.3) is 0 Å². The summed E-state index contributed by atoms with van der Waals surface area (Å²) in [6.07, 6.45) is 3.79. The first-order valence-electron chi connectivity index (χ1n) is 7.17. The van der Waals surface area contributed by atoms with Crippen molar-refractivity contribution in [1.82, 2.24) is 5.32 Å². The maximum absolute atomic E-state index is 6.04. The van der Waals surface area contributed by atoms with E-state index in [9.17, 15) is 0 Å². The summed E-state index contributed by atoms with van der Waals surface area (Å²) in [5.41, 5.74) is 7.22. The Labute approximate surface area is 112 Å². The van der Waals surface area contributed by atoms with Crippen LogP contribution in [0.15, 0.2) is 12.2 Å². The average Bonchev–Trinajstić information content (AvgIpc) is 2.32. The standard InChI is InChI=1S/C15H30N2O/c1-12(2)10-18-8-7-17-15(11-16)9-13(3)5-6-14(15)4/h13-14,17H,1,5-11,16H2,2-4H3. The molecule has 3 N–H and O–H groups in total. The van der Waals surface area contributed by atoms with Gasteiger partial charge in [-0.1, -0.05) is 32.4 Å². The Morgan fingerprint density at radius 1 is 1.44 bits per heavy atom. The molecule has 1 aliphatic rings. The Balaban J connectivity index is 2.37. The van der Waals surface area contributed by atoms with Crippen molar-refractivity contribution in [3.63, 3.8) is 0 Å². The van der Waals surface area contributed by atoms with Gasteiger partial charge in [0.05, 0.1) is 13.2 Å². The molecule has 0 saturated heterocycles. The fraction of sp³-hybridized carbons (Fsp3) is 0.867. The van der Waals surface area contributed by atoms with Gasteiger partial charge in [0.1, 0.15) is 0 Å². The second-order valence-corrected chi connectivity index (χ2v) is 6.08. The Morgan fingerprint density at radius 2 is 2.17 bits per heavy atom. The monoisotopic (exact) mass is 254 g/mol. The first-order valence-corrected chi connectivity index (χ1v) is 7.17. The van der Waals surface area contributed by atoms with Crippen LogP contribution in [0.2, 0.25) is 0 Å². The van der Waals surface area contributed by atoms with Crippen molar-refractivity contribution in [2.75, 3.05) is 26.3 Å². The summed E-state index contributed by atoms with van der Waals surface area (Å²) in [7, 11) is 0. The number of ether oxygens (including phenoxy) is 1. The normalized spacial score (nSPS) is 32.4.